The SMILES string of the molecule is COc1ccc(C(=O)NCCCC(C)CO)cc1[N+](=O)[O-]. The van der Waals surface area contributed by atoms with E-state index in [-0.39, 0.29) is 35.4 Å². The molecule has 7 heteroatoms. The minimum Gasteiger partial charge on any atom is -0.490 e. The van der Waals surface area contributed by atoms with Gasteiger partial charge in [-0.15, -0.1) is 0 Å². The van der Waals surface area contributed by atoms with E-state index in [4.69, 9.17) is 9.84 Å². The van der Waals surface area contributed by atoms with E-state index in [1.54, 1.807) is 0 Å². The van der Waals surface area contributed by atoms with Crippen LogP contribution in [-0.4, -0.2) is 36.2 Å². The zero-order valence-electron chi connectivity index (χ0n) is 12.2. The first-order valence-corrected chi connectivity index (χ1v) is 6.71. The second-order valence-electron chi connectivity index (χ2n) is 4.83. The molecule has 7 nitrogen and oxygen atoms in total. The molecule has 1 aromatic rings. The first kappa shape index (κ1) is 16.9. The summed E-state index contributed by atoms with van der Waals surface area (Å²) in [5.41, 5.74) is -0.0169. The van der Waals surface area contributed by atoms with E-state index >= 15 is 0 Å². The molecule has 0 radical (unpaired) electrons. The summed E-state index contributed by atoms with van der Waals surface area (Å²) in [4.78, 5) is 22.2. The zero-order chi connectivity index (χ0) is 15.8. The molecular formula is C14H20N2O5. The average molecular weight is 296 g/mol. The Kier molecular flexibility index (Phi) is 6.61. The summed E-state index contributed by atoms with van der Waals surface area (Å²) in [5, 5.41) is 22.5. The predicted octanol–water partition coefficient (Wildman–Crippen LogP) is 1.74. The fourth-order valence-electron chi connectivity index (χ4n) is 1.82. The molecule has 0 saturated carbocycles. The minimum atomic E-state index is -0.585. The molecule has 2 N–H and O–H groups in total. The molecule has 0 aliphatic rings. The highest BCUT2D eigenvalue weighted by Crippen LogP contribution is 2.27. The summed E-state index contributed by atoms with van der Waals surface area (Å²) in [6.45, 7) is 2.51. The minimum absolute atomic E-state index is 0.119. The molecule has 0 saturated heterocycles. The van der Waals surface area contributed by atoms with Crippen LogP contribution in [-0.2, 0) is 0 Å². The number of nitro benzene ring substituents is 1. The number of nitrogens with one attached hydrogen (secondary N) is 1. The highest BCUT2D eigenvalue weighted by Gasteiger charge is 2.17. The molecule has 0 aromatic heterocycles. The molecule has 0 fully saturated rings. The first-order valence-electron chi connectivity index (χ1n) is 6.71. The first-order chi connectivity index (χ1) is 9.99. The van der Waals surface area contributed by atoms with Crippen molar-refractivity contribution in [2.45, 2.75) is 19.8 Å². The molecule has 0 spiro atoms. The van der Waals surface area contributed by atoms with Crippen molar-refractivity contribution in [2.24, 2.45) is 5.92 Å². The topological polar surface area (TPSA) is 102 Å². The van der Waals surface area contributed by atoms with Crippen molar-refractivity contribution in [3.63, 3.8) is 0 Å². The highest BCUT2D eigenvalue weighted by atomic mass is 16.6. The number of methoxy groups -OCH3 is 1. The highest BCUT2D eigenvalue weighted by molar-refractivity contribution is 5.95. The summed E-state index contributed by atoms with van der Waals surface area (Å²) in [7, 11) is 1.34. The van der Waals surface area contributed by atoms with Crippen LogP contribution in [0.15, 0.2) is 18.2 Å². The van der Waals surface area contributed by atoms with Crippen LogP contribution < -0.4 is 10.1 Å². The lowest BCUT2D eigenvalue weighted by molar-refractivity contribution is -0.385. The summed E-state index contributed by atoms with van der Waals surface area (Å²) in [5.74, 6) is -0.0466. The van der Waals surface area contributed by atoms with Gasteiger partial charge in [0.2, 0.25) is 0 Å². The maximum absolute atomic E-state index is 11.9. The van der Waals surface area contributed by atoms with Crippen LogP contribution in [0.3, 0.4) is 0 Å². The molecule has 0 aliphatic carbocycles. The van der Waals surface area contributed by atoms with Crippen LogP contribution in [0.1, 0.15) is 30.1 Å². The Labute approximate surface area is 123 Å². The second-order valence-corrected chi connectivity index (χ2v) is 4.83. The van der Waals surface area contributed by atoms with Gasteiger partial charge in [-0.2, -0.15) is 0 Å². The number of benzene rings is 1. The van der Waals surface area contributed by atoms with Crippen LogP contribution >= 0.6 is 0 Å². The number of amides is 1. The van der Waals surface area contributed by atoms with Crippen molar-refractivity contribution >= 4 is 11.6 Å². The predicted molar refractivity (Wildman–Crippen MR) is 77.5 cm³/mol. The Balaban J connectivity index is 2.62. The lowest BCUT2D eigenvalue weighted by atomic mass is 10.1. The van der Waals surface area contributed by atoms with Crippen molar-refractivity contribution in [1.29, 1.82) is 0 Å². The van der Waals surface area contributed by atoms with Gasteiger partial charge >= 0.3 is 5.69 Å². The van der Waals surface area contributed by atoms with Gasteiger partial charge in [-0.1, -0.05) is 6.92 Å². The van der Waals surface area contributed by atoms with Crippen molar-refractivity contribution in [1.82, 2.24) is 5.32 Å². The molecule has 0 heterocycles. The molecule has 1 rings (SSSR count). The van der Waals surface area contributed by atoms with Gasteiger partial charge in [0.1, 0.15) is 0 Å². The van der Waals surface area contributed by atoms with Gasteiger partial charge in [-0.25, -0.2) is 0 Å². The number of nitrogens with zero attached hydrogens (tertiary/aromatic N) is 1. The second kappa shape index (κ2) is 8.21. The largest absolute Gasteiger partial charge is 0.490 e. The summed E-state index contributed by atoms with van der Waals surface area (Å²) in [6.07, 6.45) is 1.55. The van der Waals surface area contributed by atoms with Crippen molar-refractivity contribution < 1.29 is 19.6 Å². The number of hydrogen-bond donors (Lipinski definition) is 2. The quantitative estimate of drug-likeness (QED) is 0.432. The van der Waals surface area contributed by atoms with Crippen molar-refractivity contribution in [3.8, 4) is 5.75 Å². The van der Waals surface area contributed by atoms with E-state index in [0.29, 0.717) is 6.54 Å². The number of rotatable bonds is 8. The van der Waals surface area contributed by atoms with Crippen LogP contribution in [0.2, 0.25) is 0 Å². The molecule has 1 atom stereocenters. The maximum Gasteiger partial charge on any atom is 0.311 e. The normalized spacial score (nSPS) is 11.8. The summed E-state index contributed by atoms with van der Waals surface area (Å²) >= 11 is 0. The van der Waals surface area contributed by atoms with E-state index in [1.807, 2.05) is 6.92 Å². The summed E-state index contributed by atoms with van der Waals surface area (Å²) < 4.78 is 4.88. The third-order valence-corrected chi connectivity index (χ3v) is 3.11. The van der Waals surface area contributed by atoms with Crippen molar-refractivity contribution in [2.75, 3.05) is 20.3 Å². The van der Waals surface area contributed by atoms with E-state index in [9.17, 15) is 14.9 Å². The van der Waals surface area contributed by atoms with E-state index in [2.05, 4.69) is 5.32 Å². The van der Waals surface area contributed by atoms with Crippen LogP contribution in [0.4, 0.5) is 5.69 Å². The summed E-state index contributed by atoms with van der Waals surface area (Å²) in [6, 6.07) is 4.09. The van der Waals surface area contributed by atoms with Crippen LogP contribution in [0, 0.1) is 16.0 Å². The zero-order valence-corrected chi connectivity index (χ0v) is 12.2. The standard InChI is InChI=1S/C14H20N2O5/c1-10(9-17)4-3-7-15-14(18)11-5-6-13(21-2)12(8-11)16(19)20/h5-6,8,10,17H,3-4,7,9H2,1-2H3,(H,15,18). The van der Waals surface area contributed by atoms with Crippen LogP contribution in [0.25, 0.3) is 0 Å². The fraction of sp³-hybridized carbons (Fsp3) is 0.500. The van der Waals surface area contributed by atoms with Gasteiger partial charge in [-0.3, -0.25) is 14.9 Å². The number of carbonyl (C=O) groups is 1. The molecule has 1 unspecified atom stereocenters. The van der Waals surface area contributed by atoms with Gasteiger partial charge in [0.25, 0.3) is 5.91 Å². The number of aliphatic hydroxyl groups is 1. The Morgan fingerprint density at radius 2 is 2.24 bits per heavy atom. The molecule has 1 aromatic carbocycles. The van der Waals surface area contributed by atoms with E-state index in [1.165, 1.54) is 25.3 Å². The molecule has 0 bridgehead atoms. The Morgan fingerprint density at radius 1 is 1.52 bits per heavy atom. The molecule has 0 aliphatic heterocycles. The third-order valence-electron chi connectivity index (χ3n) is 3.11. The Bertz CT molecular complexity index is 504. The number of nitro groups is 1. The lowest BCUT2D eigenvalue weighted by Gasteiger charge is -2.09. The molecular weight excluding hydrogens is 276 g/mol. The van der Waals surface area contributed by atoms with Gasteiger partial charge in [-0.05, 0) is 30.9 Å². The van der Waals surface area contributed by atoms with E-state index < -0.39 is 4.92 Å². The number of ether oxygens (including phenoxy) is 1. The number of hydrogen-bond acceptors (Lipinski definition) is 5. The average Bonchev–Trinajstić information content (AvgIpc) is 2.50. The smallest absolute Gasteiger partial charge is 0.311 e. The van der Waals surface area contributed by atoms with Crippen molar-refractivity contribution in [3.05, 3.63) is 33.9 Å². The molecule has 21 heavy (non-hydrogen) atoms. The Hall–Kier alpha value is -2.15. The van der Waals surface area contributed by atoms with Crippen LogP contribution in [0.5, 0.6) is 5.75 Å². The van der Waals surface area contributed by atoms with Gasteiger partial charge < -0.3 is 15.2 Å². The third kappa shape index (κ3) is 5.03. The number of carbonyl (C=O) groups excluding carboxylic acids is 1. The van der Waals surface area contributed by atoms with Gasteiger partial charge in [0, 0.05) is 24.8 Å². The number of aliphatic hydroxyl groups excluding tert-OH is 1. The molecule has 116 valence electrons. The van der Waals surface area contributed by atoms with Gasteiger partial charge in [0.15, 0.2) is 5.75 Å². The maximum atomic E-state index is 11.9. The lowest BCUT2D eigenvalue weighted by Crippen LogP contribution is -2.25. The Morgan fingerprint density at radius 3 is 2.81 bits per heavy atom. The van der Waals surface area contributed by atoms with Gasteiger partial charge in [0.05, 0.1) is 12.0 Å². The monoisotopic (exact) mass is 296 g/mol. The molecule has 1 amide bonds. The fourth-order valence-corrected chi connectivity index (χ4v) is 1.82. The van der Waals surface area contributed by atoms with E-state index in [0.717, 1.165) is 12.8 Å².